The highest BCUT2D eigenvalue weighted by molar-refractivity contribution is 6.31. The number of nitrogens with zero attached hydrogens (tertiary/aromatic N) is 4. The van der Waals surface area contributed by atoms with E-state index in [1.165, 1.54) is 0 Å². The van der Waals surface area contributed by atoms with E-state index in [1.54, 1.807) is 0 Å². The van der Waals surface area contributed by atoms with Crippen molar-refractivity contribution in [2.75, 3.05) is 0 Å². The van der Waals surface area contributed by atoms with Crippen LogP contribution in [0.5, 0.6) is 0 Å². The predicted molar refractivity (Wildman–Crippen MR) is 84.4 cm³/mol. The normalized spacial score (nSPS) is 19.8. The molecule has 7 nitrogen and oxygen atoms in total. The lowest BCUT2D eigenvalue weighted by Crippen LogP contribution is -2.40. The van der Waals surface area contributed by atoms with E-state index in [0.29, 0.717) is 21.5 Å². The maximum absolute atomic E-state index is 13.1. The molecule has 0 fully saturated rings. The molecule has 0 bridgehead atoms. The molecule has 1 aliphatic rings. The lowest BCUT2D eigenvalue weighted by Gasteiger charge is -2.28. The lowest BCUT2D eigenvalue weighted by atomic mass is 9.92. The molecule has 0 aromatic carbocycles. The van der Waals surface area contributed by atoms with E-state index in [0.717, 1.165) is 0 Å². The van der Waals surface area contributed by atoms with Crippen LogP contribution in [0.25, 0.3) is 0 Å². The second-order valence-electron chi connectivity index (χ2n) is 6.41. The Hall–Kier alpha value is -2.57. The Balaban J connectivity index is 1.98. The summed E-state index contributed by atoms with van der Waals surface area (Å²) in [5, 5.41) is 12.5. The molecule has 29 heavy (non-hydrogen) atoms. The maximum atomic E-state index is 13.1. The summed E-state index contributed by atoms with van der Waals surface area (Å²) >= 11 is 5.77. The number of pyridine rings is 1. The SMILES string of the molecule is O=C(O)[C@H]1C[C@@H](C(F)(F)F)Cc2nn(Cc3ncc(C(F)(F)F)cc3Cl)c(=O)n21. The first-order chi connectivity index (χ1) is 13.3. The van der Waals surface area contributed by atoms with E-state index in [2.05, 4.69) is 10.1 Å². The summed E-state index contributed by atoms with van der Waals surface area (Å²) < 4.78 is 78.5. The van der Waals surface area contributed by atoms with Crippen molar-refractivity contribution in [3.63, 3.8) is 0 Å². The number of carboxylic acid groups (broad SMARTS) is 1. The van der Waals surface area contributed by atoms with Crippen molar-refractivity contribution >= 4 is 17.6 Å². The molecule has 2 aromatic heterocycles. The van der Waals surface area contributed by atoms with E-state index in [9.17, 15) is 41.0 Å². The van der Waals surface area contributed by atoms with Crippen molar-refractivity contribution < 1.29 is 36.2 Å². The molecule has 2 aromatic rings. The van der Waals surface area contributed by atoms with Gasteiger partial charge in [-0.3, -0.25) is 9.55 Å². The highest BCUT2D eigenvalue weighted by atomic mass is 35.5. The van der Waals surface area contributed by atoms with Crippen LogP contribution in [0.3, 0.4) is 0 Å². The van der Waals surface area contributed by atoms with Crippen LogP contribution in [-0.4, -0.2) is 36.6 Å². The second-order valence-corrected chi connectivity index (χ2v) is 6.82. The van der Waals surface area contributed by atoms with Crippen LogP contribution < -0.4 is 5.69 Å². The van der Waals surface area contributed by atoms with Gasteiger partial charge in [-0.05, 0) is 12.5 Å². The van der Waals surface area contributed by atoms with Gasteiger partial charge in [-0.2, -0.15) is 31.4 Å². The molecule has 0 saturated heterocycles. The highest BCUT2D eigenvalue weighted by Crippen LogP contribution is 2.38. The first kappa shape index (κ1) is 21.1. The highest BCUT2D eigenvalue weighted by Gasteiger charge is 2.47. The Bertz CT molecular complexity index is 1010. The van der Waals surface area contributed by atoms with Gasteiger partial charge in [-0.1, -0.05) is 11.6 Å². The van der Waals surface area contributed by atoms with E-state index in [-0.39, 0.29) is 11.5 Å². The zero-order chi connectivity index (χ0) is 21.7. The van der Waals surface area contributed by atoms with Gasteiger partial charge >= 0.3 is 24.0 Å². The molecule has 0 amide bonds. The number of carbonyl (C=O) groups is 1. The number of fused-ring (bicyclic) bond motifs is 1. The van der Waals surface area contributed by atoms with Crippen LogP contribution >= 0.6 is 11.6 Å². The number of rotatable bonds is 3. The van der Waals surface area contributed by atoms with Crippen LogP contribution in [0, 0.1) is 5.92 Å². The van der Waals surface area contributed by atoms with Gasteiger partial charge in [0.2, 0.25) is 0 Å². The average molecular weight is 445 g/mol. The number of carboxylic acids is 1. The standard InChI is InChI=1S/C15H11ClF6N4O3/c16-8-1-7(15(20,21)22)4-23-9(8)5-25-13(29)26-10(12(27)28)2-6(14(17,18)19)3-11(26)24-25/h1,4,6,10H,2-3,5H2,(H,27,28)/t6-,10-/m1/s1. The minimum Gasteiger partial charge on any atom is -0.480 e. The van der Waals surface area contributed by atoms with Gasteiger partial charge in [0.25, 0.3) is 0 Å². The van der Waals surface area contributed by atoms with Gasteiger partial charge in [-0.25, -0.2) is 14.3 Å². The number of aromatic nitrogens is 4. The van der Waals surface area contributed by atoms with Crippen molar-refractivity contribution in [1.29, 1.82) is 0 Å². The van der Waals surface area contributed by atoms with Crippen LogP contribution in [0.1, 0.15) is 29.5 Å². The van der Waals surface area contributed by atoms with Crippen molar-refractivity contribution in [1.82, 2.24) is 19.3 Å². The molecular formula is C15H11ClF6N4O3. The van der Waals surface area contributed by atoms with Gasteiger partial charge in [0.15, 0.2) is 0 Å². The summed E-state index contributed by atoms with van der Waals surface area (Å²) in [5.41, 5.74) is -2.33. The summed E-state index contributed by atoms with van der Waals surface area (Å²) in [7, 11) is 0. The number of hydrogen-bond donors (Lipinski definition) is 1. The summed E-state index contributed by atoms with van der Waals surface area (Å²) in [6.07, 6.45) is -10.4. The predicted octanol–water partition coefficient (Wildman–Crippen LogP) is 2.91. The molecule has 0 saturated carbocycles. The second kappa shape index (κ2) is 7.04. The van der Waals surface area contributed by atoms with E-state index in [1.807, 2.05) is 0 Å². The third-order valence-electron chi connectivity index (χ3n) is 4.48. The lowest BCUT2D eigenvalue weighted by molar-refractivity contribution is -0.183. The molecule has 0 unspecified atom stereocenters. The Morgan fingerprint density at radius 3 is 2.45 bits per heavy atom. The number of alkyl halides is 6. The molecule has 1 aliphatic heterocycles. The fourth-order valence-electron chi connectivity index (χ4n) is 3.04. The largest absolute Gasteiger partial charge is 0.480 e. The average Bonchev–Trinajstić information content (AvgIpc) is 2.90. The molecule has 2 atom stereocenters. The molecule has 14 heteroatoms. The first-order valence-electron chi connectivity index (χ1n) is 7.98. The van der Waals surface area contributed by atoms with Crippen molar-refractivity contribution in [2.24, 2.45) is 5.92 Å². The van der Waals surface area contributed by atoms with Crippen molar-refractivity contribution in [3.8, 4) is 0 Å². The molecule has 0 spiro atoms. The summed E-state index contributed by atoms with van der Waals surface area (Å²) in [4.78, 5) is 27.4. The smallest absolute Gasteiger partial charge is 0.417 e. The molecule has 0 radical (unpaired) electrons. The van der Waals surface area contributed by atoms with Crippen LogP contribution in [-0.2, 0) is 23.9 Å². The summed E-state index contributed by atoms with van der Waals surface area (Å²) in [5.74, 6) is -4.02. The van der Waals surface area contributed by atoms with Gasteiger partial charge in [0, 0.05) is 12.6 Å². The zero-order valence-corrected chi connectivity index (χ0v) is 14.9. The molecule has 3 rings (SSSR count). The van der Waals surface area contributed by atoms with Crippen LogP contribution in [0.4, 0.5) is 26.3 Å². The van der Waals surface area contributed by atoms with E-state index in [4.69, 9.17) is 11.6 Å². The van der Waals surface area contributed by atoms with Gasteiger partial charge in [-0.15, -0.1) is 0 Å². The van der Waals surface area contributed by atoms with Gasteiger partial charge in [0.05, 0.1) is 28.7 Å². The monoisotopic (exact) mass is 444 g/mol. The molecule has 0 aliphatic carbocycles. The van der Waals surface area contributed by atoms with Crippen LogP contribution in [0.2, 0.25) is 5.02 Å². The van der Waals surface area contributed by atoms with Crippen LogP contribution in [0.15, 0.2) is 17.1 Å². The minimum absolute atomic E-state index is 0.184. The molecule has 3 heterocycles. The van der Waals surface area contributed by atoms with E-state index >= 15 is 0 Å². The molecule has 158 valence electrons. The zero-order valence-electron chi connectivity index (χ0n) is 14.1. The quantitative estimate of drug-likeness (QED) is 0.735. The Labute approximate surface area is 162 Å². The Morgan fingerprint density at radius 2 is 1.93 bits per heavy atom. The molecular weight excluding hydrogens is 434 g/mol. The topological polar surface area (TPSA) is 90.0 Å². The number of halogens is 7. The maximum Gasteiger partial charge on any atom is 0.417 e. The third-order valence-corrected chi connectivity index (χ3v) is 4.81. The number of aliphatic carboxylic acids is 1. The Morgan fingerprint density at radius 1 is 1.28 bits per heavy atom. The fraction of sp³-hybridized carbons (Fsp3) is 0.467. The first-order valence-corrected chi connectivity index (χ1v) is 8.36. The van der Waals surface area contributed by atoms with E-state index < -0.39 is 65.9 Å². The summed E-state index contributed by atoms with van der Waals surface area (Å²) in [6.45, 7) is -0.543. The fourth-order valence-corrected chi connectivity index (χ4v) is 3.27. The number of hydrogen-bond acceptors (Lipinski definition) is 4. The molecule has 1 N–H and O–H groups in total. The van der Waals surface area contributed by atoms with Crippen molar-refractivity contribution in [2.45, 2.75) is 37.8 Å². The van der Waals surface area contributed by atoms with Gasteiger partial charge in [0.1, 0.15) is 11.9 Å². The van der Waals surface area contributed by atoms with Gasteiger partial charge < -0.3 is 5.11 Å². The summed E-state index contributed by atoms with van der Waals surface area (Å²) in [6, 6.07) is -1.19. The third kappa shape index (κ3) is 4.09. The minimum atomic E-state index is -4.69. The Kier molecular flexibility index (Phi) is 5.13. The van der Waals surface area contributed by atoms with Crippen molar-refractivity contribution in [3.05, 3.63) is 44.9 Å².